The molecule has 0 saturated heterocycles. The van der Waals surface area contributed by atoms with Crippen molar-refractivity contribution in [2.75, 3.05) is 4.72 Å². The third kappa shape index (κ3) is 5.77. The maximum atomic E-state index is 13.1. The van der Waals surface area contributed by atoms with E-state index >= 15 is 0 Å². The van der Waals surface area contributed by atoms with Gasteiger partial charge in [-0.2, -0.15) is 0 Å². The molecule has 0 bridgehead atoms. The van der Waals surface area contributed by atoms with E-state index in [0.717, 1.165) is 0 Å². The minimum Gasteiger partial charge on any atom is -0.455 e. The lowest BCUT2D eigenvalue weighted by Crippen LogP contribution is -2.30. The number of carbonyl (C=O) groups excluding carboxylic acids is 1. The highest BCUT2D eigenvalue weighted by atomic mass is 35.5. The fourth-order valence-corrected chi connectivity index (χ4v) is 4.10. The number of benzene rings is 3. The Bertz CT molecular complexity index is 1200. The first-order valence-electron chi connectivity index (χ1n) is 9.62. The van der Waals surface area contributed by atoms with Gasteiger partial charge in [0.1, 0.15) is 5.75 Å². The van der Waals surface area contributed by atoms with Gasteiger partial charge in [-0.05, 0) is 68.8 Å². The van der Waals surface area contributed by atoms with E-state index in [0.29, 0.717) is 27.6 Å². The fourth-order valence-electron chi connectivity index (χ4n) is 2.84. The van der Waals surface area contributed by atoms with Gasteiger partial charge in [0.25, 0.3) is 15.9 Å². The summed E-state index contributed by atoms with van der Waals surface area (Å²) in [5.74, 6) is 0.512. The summed E-state index contributed by atoms with van der Waals surface area (Å²) in [7, 11) is -4.01. The van der Waals surface area contributed by atoms with Crippen LogP contribution in [0.4, 0.5) is 5.69 Å². The summed E-state index contributed by atoms with van der Waals surface area (Å²) in [5.41, 5.74) is 1.15. The van der Waals surface area contributed by atoms with Crippen LogP contribution in [0.2, 0.25) is 5.02 Å². The molecule has 0 aliphatic rings. The summed E-state index contributed by atoms with van der Waals surface area (Å²) in [6, 6.07) is 18.0. The molecule has 8 heteroatoms. The molecule has 0 fully saturated rings. The monoisotopic (exact) mass is 458 g/mol. The number of ether oxygens (including phenoxy) is 1. The minimum absolute atomic E-state index is 0.0438. The highest BCUT2D eigenvalue weighted by Crippen LogP contribution is 2.33. The van der Waals surface area contributed by atoms with Crippen molar-refractivity contribution in [3.05, 3.63) is 82.9 Å². The first-order chi connectivity index (χ1) is 14.7. The number of sulfonamides is 1. The lowest BCUT2D eigenvalue weighted by Gasteiger charge is -2.15. The first kappa shape index (κ1) is 22.7. The average molecular weight is 459 g/mol. The van der Waals surface area contributed by atoms with Gasteiger partial charge < -0.3 is 10.1 Å². The number of hydrogen-bond acceptors (Lipinski definition) is 4. The number of para-hydroxylation sites is 1. The molecule has 0 aliphatic heterocycles. The van der Waals surface area contributed by atoms with E-state index in [-0.39, 0.29) is 22.5 Å². The van der Waals surface area contributed by atoms with Crippen molar-refractivity contribution in [1.82, 2.24) is 5.32 Å². The van der Waals surface area contributed by atoms with Crippen LogP contribution in [0, 0.1) is 6.92 Å². The Balaban J connectivity index is 1.94. The summed E-state index contributed by atoms with van der Waals surface area (Å²) in [4.78, 5) is 12.4. The average Bonchev–Trinajstić information content (AvgIpc) is 2.70. The summed E-state index contributed by atoms with van der Waals surface area (Å²) in [5, 5.41) is 3.13. The molecule has 3 aromatic carbocycles. The second-order valence-corrected chi connectivity index (χ2v) is 9.38. The predicted molar refractivity (Wildman–Crippen MR) is 123 cm³/mol. The van der Waals surface area contributed by atoms with Gasteiger partial charge in [0.2, 0.25) is 0 Å². The first-order valence-corrected chi connectivity index (χ1v) is 11.5. The van der Waals surface area contributed by atoms with Crippen LogP contribution in [0.5, 0.6) is 11.5 Å². The standard InChI is InChI=1S/C23H23ClN2O4S/c1-15(2)25-23(27)20-14-19(11-9-16(20)3)31(28,29)26-21-13-17(24)10-12-22(21)30-18-7-5-4-6-8-18/h4-15,26H,1-3H3,(H,25,27). The van der Waals surface area contributed by atoms with Crippen LogP contribution < -0.4 is 14.8 Å². The lowest BCUT2D eigenvalue weighted by atomic mass is 10.1. The Morgan fingerprint density at radius 2 is 1.71 bits per heavy atom. The Morgan fingerprint density at radius 3 is 2.39 bits per heavy atom. The fraction of sp³-hybridized carbons (Fsp3) is 0.174. The summed E-state index contributed by atoms with van der Waals surface area (Å²) in [6.45, 7) is 5.42. The number of hydrogen-bond donors (Lipinski definition) is 2. The third-order valence-corrected chi connectivity index (χ3v) is 5.94. The van der Waals surface area contributed by atoms with E-state index in [1.807, 2.05) is 32.0 Å². The van der Waals surface area contributed by atoms with Gasteiger partial charge in [0.15, 0.2) is 5.75 Å². The maximum Gasteiger partial charge on any atom is 0.262 e. The highest BCUT2D eigenvalue weighted by molar-refractivity contribution is 7.92. The van der Waals surface area contributed by atoms with Crippen LogP contribution in [0.1, 0.15) is 29.8 Å². The van der Waals surface area contributed by atoms with Gasteiger partial charge in [-0.1, -0.05) is 35.9 Å². The number of rotatable bonds is 7. The van der Waals surface area contributed by atoms with E-state index in [1.165, 1.54) is 18.2 Å². The van der Waals surface area contributed by atoms with Crippen LogP contribution in [-0.2, 0) is 10.0 Å². The van der Waals surface area contributed by atoms with Gasteiger partial charge in [0.05, 0.1) is 10.6 Å². The molecular weight excluding hydrogens is 436 g/mol. The van der Waals surface area contributed by atoms with Crippen molar-refractivity contribution in [1.29, 1.82) is 0 Å². The Morgan fingerprint density at radius 1 is 1.00 bits per heavy atom. The molecule has 0 atom stereocenters. The van der Waals surface area contributed by atoms with Crippen molar-refractivity contribution in [2.45, 2.75) is 31.7 Å². The Hall–Kier alpha value is -3.03. The van der Waals surface area contributed by atoms with E-state index in [9.17, 15) is 13.2 Å². The number of halogens is 1. The largest absolute Gasteiger partial charge is 0.455 e. The smallest absolute Gasteiger partial charge is 0.262 e. The number of nitrogens with one attached hydrogen (secondary N) is 2. The van der Waals surface area contributed by atoms with Crippen molar-refractivity contribution in [3.8, 4) is 11.5 Å². The van der Waals surface area contributed by atoms with Crippen LogP contribution in [0.25, 0.3) is 0 Å². The van der Waals surface area contributed by atoms with Crippen LogP contribution in [-0.4, -0.2) is 20.4 Å². The molecule has 0 saturated carbocycles. The molecule has 0 unspecified atom stereocenters. The van der Waals surface area contributed by atoms with E-state index in [1.54, 1.807) is 37.3 Å². The van der Waals surface area contributed by atoms with Gasteiger partial charge in [-0.15, -0.1) is 0 Å². The number of anilines is 1. The van der Waals surface area contributed by atoms with Gasteiger partial charge in [0, 0.05) is 16.6 Å². The molecule has 6 nitrogen and oxygen atoms in total. The van der Waals surface area contributed by atoms with Crippen LogP contribution in [0.3, 0.4) is 0 Å². The van der Waals surface area contributed by atoms with Crippen molar-refractivity contribution in [2.24, 2.45) is 0 Å². The van der Waals surface area contributed by atoms with Crippen LogP contribution in [0.15, 0.2) is 71.6 Å². The molecular formula is C23H23ClN2O4S. The SMILES string of the molecule is Cc1ccc(S(=O)(=O)Nc2cc(Cl)ccc2Oc2ccccc2)cc1C(=O)NC(C)C. The molecule has 0 heterocycles. The molecule has 0 aliphatic carbocycles. The Labute approximate surface area is 187 Å². The van der Waals surface area contributed by atoms with E-state index in [2.05, 4.69) is 10.0 Å². The number of carbonyl (C=O) groups is 1. The number of amides is 1. The molecule has 3 aromatic rings. The topological polar surface area (TPSA) is 84.5 Å². The molecule has 1 amide bonds. The van der Waals surface area contributed by atoms with E-state index < -0.39 is 10.0 Å². The summed E-state index contributed by atoms with van der Waals surface area (Å²) < 4.78 is 34.5. The molecule has 162 valence electrons. The predicted octanol–water partition coefficient (Wildman–Crippen LogP) is 5.38. The second-order valence-electron chi connectivity index (χ2n) is 7.27. The summed E-state index contributed by atoms with van der Waals surface area (Å²) >= 11 is 6.09. The summed E-state index contributed by atoms with van der Waals surface area (Å²) in [6.07, 6.45) is 0. The highest BCUT2D eigenvalue weighted by Gasteiger charge is 2.20. The maximum absolute atomic E-state index is 13.1. The molecule has 2 N–H and O–H groups in total. The molecule has 31 heavy (non-hydrogen) atoms. The quantitative estimate of drug-likeness (QED) is 0.497. The minimum atomic E-state index is -4.01. The van der Waals surface area contributed by atoms with Gasteiger partial charge >= 0.3 is 0 Å². The second kappa shape index (κ2) is 9.41. The van der Waals surface area contributed by atoms with Crippen LogP contribution >= 0.6 is 11.6 Å². The normalized spacial score (nSPS) is 11.3. The zero-order valence-corrected chi connectivity index (χ0v) is 18.9. The zero-order chi connectivity index (χ0) is 22.6. The third-order valence-electron chi connectivity index (χ3n) is 4.34. The van der Waals surface area contributed by atoms with Crippen molar-refractivity contribution in [3.63, 3.8) is 0 Å². The number of aryl methyl sites for hydroxylation is 1. The van der Waals surface area contributed by atoms with Crippen molar-refractivity contribution >= 4 is 33.2 Å². The molecule has 0 aromatic heterocycles. The molecule has 0 spiro atoms. The van der Waals surface area contributed by atoms with Gasteiger partial charge in [-0.25, -0.2) is 8.42 Å². The van der Waals surface area contributed by atoms with Crippen molar-refractivity contribution < 1.29 is 17.9 Å². The lowest BCUT2D eigenvalue weighted by molar-refractivity contribution is 0.0942. The zero-order valence-electron chi connectivity index (χ0n) is 17.3. The van der Waals surface area contributed by atoms with Gasteiger partial charge in [-0.3, -0.25) is 9.52 Å². The molecule has 3 rings (SSSR count). The Kier molecular flexibility index (Phi) is 6.87. The molecule has 0 radical (unpaired) electrons. The van der Waals surface area contributed by atoms with E-state index in [4.69, 9.17) is 16.3 Å².